The molecule has 0 saturated carbocycles. The Kier molecular flexibility index (Phi) is 5.72. The molecule has 1 amide bonds. The van der Waals surface area contributed by atoms with Crippen LogP contribution in [0.3, 0.4) is 0 Å². The predicted octanol–water partition coefficient (Wildman–Crippen LogP) is 4.08. The first kappa shape index (κ1) is 21.0. The van der Waals surface area contributed by atoms with E-state index in [0.717, 1.165) is 10.4 Å². The number of carbonyl (C=O) groups is 1. The standard InChI is InChI=1S/C23H19NO5S2/c1-3-12-29-17-6-4-15(5-7-17)19-13-21(25)24-22-20(14-30-23(19)22)31(26,27)18-10-8-16(28-2)9-11-18/h1,4-11,14,19H,12-13H2,2H3,(H,24,25)/t19-/m0/s1. The van der Waals surface area contributed by atoms with Crippen molar-refractivity contribution in [2.75, 3.05) is 19.0 Å². The Hall–Kier alpha value is -3.28. The highest BCUT2D eigenvalue weighted by atomic mass is 32.2. The van der Waals surface area contributed by atoms with E-state index in [9.17, 15) is 13.2 Å². The summed E-state index contributed by atoms with van der Waals surface area (Å²) in [4.78, 5) is 13.5. The number of nitrogens with one attached hydrogen (secondary N) is 1. The van der Waals surface area contributed by atoms with Crippen molar-refractivity contribution >= 4 is 32.8 Å². The Morgan fingerprint density at radius 1 is 1.13 bits per heavy atom. The van der Waals surface area contributed by atoms with Gasteiger partial charge in [0.25, 0.3) is 0 Å². The van der Waals surface area contributed by atoms with Crippen LogP contribution in [0.15, 0.2) is 63.7 Å². The molecule has 0 saturated heterocycles. The SMILES string of the molecule is C#CCOc1ccc([C@@H]2CC(=O)Nc3c(S(=O)(=O)c4ccc(OC)cc4)csc32)cc1. The van der Waals surface area contributed by atoms with Gasteiger partial charge in [-0.25, -0.2) is 8.42 Å². The first-order chi connectivity index (χ1) is 14.9. The quantitative estimate of drug-likeness (QED) is 0.569. The smallest absolute Gasteiger partial charge is 0.225 e. The van der Waals surface area contributed by atoms with Crippen molar-refractivity contribution in [2.24, 2.45) is 0 Å². The average Bonchev–Trinajstić information content (AvgIpc) is 3.22. The number of anilines is 1. The number of rotatable bonds is 6. The maximum atomic E-state index is 13.2. The molecule has 2 heterocycles. The monoisotopic (exact) mass is 453 g/mol. The lowest BCUT2D eigenvalue weighted by molar-refractivity contribution is -0.116. The van der Waals surface area contributed by atoms with E-state index in [1.807, 2.05) is 12.1 Å². The molecule has 0 bridgehead atoms. The van der Waals surface area contributed by atoms with Crippen molar-refractivity contribution < 1.29 is 22.7 Å². The number of amides is 1. The molecule has 31 heavy (non-hydrogen) atoms. The highest BCUT2D eigenvalue weighted by molar-refractivity contribution is 7.91. The van der Waals surface area contributed by atoms with Crippen LogP contribution in [0, 0.1) is 12.3 Å². The molecule has 4 rings (SSSR count). The van der Waals surface area contributed by atoms with Gasteiger partial charge in [0.2, 0.25) is 15.7 Å². The average molecular weight is 454 g/mol. The molecule has 1 aromatic heterocycles. The summed E-state index contributed by atoms with van der Waals surface area (Å²) in [5, 5.41) is 4.36. The number of fused-ring (bicyclic) bond motifs is 1. The number of hydrogen-bond donors (Lipinski definition) is 1. The largest absolute Gasteiger partial charge is 0.497 e. The Balaban J connectivity index is 1.70. The molecule has 6 nitrogen and oxygen atoms in total. The van der Waals surface area contributed by atoms with E-state index >= 15 is 0 Å². The molecule has 0 unspecified atom stereocenters. The summed E-state index contributed by atoms with van der Waals surface area (Å²) in [5.41, 5.74) is 1.26. The molecular weight excluding hydrogens is 434 g/mol. The number of carbonyl (C=O) groups excluding carboxylic acids is 1. The highest BCUT2D eigenvalue weighted by Crippen LogP contribution is 2.46. The van der Waals surface area contributed by atoms with Gasteiger partial charge in [0, 0.05) is 22.6 Å². The Bertz CT molecular complexity index is 1250. The van der Waals surface area contributed by atoms with Crippen molar-refractivity contribution in [3.63, 3.8) is 0 Å². The molecule has 158 valence electrons. The molecule has 8 heteroatoms. The number of hydrogen-bond acceptors (Lipinski definition) is 6. The minimum Gasteiger partial charge on any atom is -0.497 e. The van der Waals surface area contributed by atoms with Gasteiger partial charge < -0.3 is 14.8 Å². The van der Waals surface area contributed by atoms with Gasteiger partial charge in [-0.2, -0.15) is 0 Å². The lowest BCUT2D eigenvalue weighted by atomic mass is 9.90. The molecule has 1 aliphatic heterocycles. The van der Waals surface area contributed by atoms with E-state index in [4.69, 9.17) is 15.9 Å². The molecule has 0 aliphatic carbocycles. The van der Waals surface area contributed by atoms with Crippen LogP contribution in [0.1, 0.15) is 22.8 Å². The minimum absolute atomic E-state index is 0.102. The van der Waals surface area contributed by atoms with E-state index in [-0.39, 0.29) is 34.6 Å². The van der Waals surface area contributed by atoms with Crippen LogP contribution >= 0.6 is 11.3 Å². The van der Waals surface area contributed by atoms with Crippen molar-refractivity contribution in [2.45, 2.75) is 22.1 Å². The summed E-state index contributed by atoms with van der Waals surface area (Å²) < 4.78 is 37.0. The molecule has 0 spiro atoms. The van der Waals surface area contributed by atoms with E-state index < -0.39 is 9.84 Å². The van der Waals surface area contributed by atoms with Crippen molar-refractivity contribution in [3.05, 3.63) is 64.4 Å². The molecule has 0 fully saturated rings. The number of sulfone groups is 1. The molecule has 1 N–H and O–H groups in total. The van der Waals surface area contributed by atoms with E-state index in [2.05, 4.69) is 11.2 Å². The van der Waals surface area contributed by atoms with E-state index in [1.54, 1.807) is 29.6 Å². The van der Waals surface area contributed by atoms with Gasteiger partial charge in [-0.05, 0) is 42.0 Å². The molecule has 3 aromatic rings. The third-order valence-corrected chi connectivity index (χ3v) is 8.06. The number of terminal acetylenes is 1. The van der Waals surface area contributed by atoms with Gasteiger partial charge in [-0.1, -0.05) is 18.1 Å². The maximum absolute atomic E-state index is 13.2. The summed E-state index contributed by atoms with van der Waals surface area (Å²) in [6.45, 7) is 0.173. The highest BCUT2D eigenvalue weighted by Gasteiger charge is 2.34. The summed E-state index contributed by atoms with van der Waals surface area (Å²) >= 11 is 1.33. The van der Waals surface area contributed by atoms with Gasteiger partial charge in [0.1, 0.15) is 23.0 Å². The van der Waals surface area contributed by atoms with Crippen LogP contribution in [0.25, 0.3) is 0 Å². The fourth-order valence-electron chi connectivity index (χ4n) is 3.47. The van der Waals surface area contributed by atoms with Crippen LogP contribution in [0.4, 0.5) is 5.69 Å². The second kappa shape index (κ2) is 8.46. The summed E-state index contributed by atoms with van der Waals surface area (Å²) in [7, 11) is -2.29. The first-order valence-electron chi connectivity index (χ1n) is 9.40. The number of thiophene rings is 1. The van der Waals surface area contributed by atoms with Crippen LogP contribution in [-0.4, -0.2) is 28.0 Å². The zero-order valence-electron chi connectivity index (χ0n) is 16.6. The summed E-state index contributed by atoms with van der Waals surface area (Å²) in [6, 6.07) is 13.5. The topological polar surface area (TPSA) is 81.7 Å². The van der Waals surface area contributed by atoms with Crippen LogP contribution in [0.2, 0.25) is 0 Å². The Labute approximate surface area is 184 Å². The Morgan fingerprint density at radius 3 is 2.45 bits per heavy atom. The van der Waals surface area contributed by atoms with Gasteiger partial charge in [-0.3, -0.25) is 4.79 Å². The van der Waals surface area contributed by atoms with Gasteiger partial charge in [-0.15, -0.1) is 17.8 Å². The van der Waals surface area contributed by atoms with Gasteiger partial charge >= 0.3 is 0 Å². The van der Waals surface area contributed by atoms with Crippen molar-refractivity contribution in [1.82, 2.24) is 0 Å². The van der Waals surface area contributed by atoms with E-state index in [1.165, 1.54) is 30.6 Å². The molecule has 2 aromatic carbocycles. The number of benzene rings is 2. The van der Waals surface area contributed by atoms with Gasteiger partial charge in [0.15, 0.2) is 0 Å². The first-order valence-corrected chi connectivity index (χ1v) is 11.8. The van der Waals surface area contributed by atoms with Crippen molar-refractivity contribution in [3.8, 4) is 23.8 Å². The van der Waals surface area contributed by atoms with Crippen LogP contribution < -0.4 is 14.8 Å². The maximum Gasteiger partial charge on any atom is 0.225 e. The minimum atomic E-state index is -3.81. The fourth-order valence-corrected chi connectivity index (χ4v) is 6.38. The normalized spacial score (nSPS) is 15.5. The van der Waals surface area contributed by atoms with Crippen molar-refractivity contribution in [1.29, 1.82) is 0 Å². The number of ether oxygens (including phenoxy) is 2. The molecule has 0 radical (unpaired) electrons. The Morgan fingerprint density at radius 2 is 1.81 bits per heavy atom. The summed E-state index contributed by atoms with van der Waals surface area (Å²) in [5.74, 6) is 3.14. The zero-order chi connectivity index (χ0) is 22.0. The van der Waals surface area contributed by atoms with Crippen LogP contribution in [-0.2, 0) is 14.6 Å². The van der Waals surface area contributed by atoms with Crippen LogP contribution in [0.5, 0.6) is 11.5 Å². The van der Waals surface area contributed by atoms with E-state index in [0.29, 0.717) is 17.2 Å². The zero-order valence-corrected chi connectivity index (χ0v) is 18.3. The molecule has 1 atom stereocenters. The lowest BCUT2D eigenvalue weighted by Gasteiger charge is -2.24. The lowest BCUT2D eigenvalue weighted by Crippen LogP contribution is -2.23. The predicted molar refractivity (Wildman–Crippen MR) is 119 cm³/mol. The third kappa shape index (κ3) is 4.02. The molecule has 1 aliphatic rings. The second-order valence-corrected chi connectivity index (χ2v) is 9.71. The summed E-state index contributed by atoms with van der Waals surface area (Å²) in [6.07, 6.45) is 5.45. The third-order valence-electron chi connectivity index (χ3n) is 5.02. The molecular formula is C23H19NO5S2. The van der Waals surface area contributed by atoms with Gasteiger partial charge in [0.05, 0.1) is 17.7 Å². The second-order valence-electron chi connectivity index (χ2n) is 6.88. The fraction of sp³-hybridized carbons (Fsp3) is 0.174. The number of methoxy groups -OCH3 is 1.